The van der Waals surface area contributed by atoms with Crippen molar-refractivity contribution in [1.29, 1.82) is 0 Å². The number of fused-ring (bicyclic) bond motifs is 1. The van der Waals surface area contributed by atoms with Crippen LogP contribution in [-0.2, 0) is 6.54 Å². The van der Waals surface area contributed by atoms with E-state index in [2.05, 4.69) is 17.2 Å². The van der Waals surface area contributed by atoms with Gasteiger partial charge < -0.3 is 0 Å². The number of aryl methyl sites for hydroxylation is 1. The van der Waals surface area contributed by atoms with Crippen molar-refractivity contribution in [2.45, 2.75) is 33.7 Å². The highest BCUT2D eigenvalue weighted by molar-refractivity contribution is 5.73. The van der Waals surface area contributed by atoms with Gasteiger partial charge in [0.1, 0.15) is 5.52 Å². The lowest BCUT2D eigenvalue weighted by atomic mass is 10.3. The summed E-state index contributed by atoms with van der Waals surface area (Å²) in [6.07, 6.45) is 1.09. The smallest absolute Gasteiger partial charge is 0.113 e. The number of rotatable bonds is 2. The summed E-state index contributed by atoms with van der Waals surface area (Å²) in [5.74, 6) is 0. The minimum atomic E-state index is 0.945. The summed E-state index contributed by atoms with van der Waals surface area (Å²) in [5, 5.41) is 8.10. The molecule has 0 fully saturated rings. The molecule has 2 rings (SSSR count). The monoisotopic (exact) mass is 191 g/mol. The van der Waals surface area contributed by atoms with Crippen LogP contribution < -0.4 is 0 Å². The lowest BCUT2D eigenvalue weighted by Crippen LogP contribution is -1.98. The Hall–Kier alpha value is -1.38. The fraction of sp³-hybridized carbons (Fsp3) is 0.455. The molecule has 0 aliphatic rings. The molecule has 1 aromatic carbocycles. The van der Waals surface area contributed by atoms with Crippen LogP contribution >= 0.6 is 0 Å². The normalized spacial score (nSPS) is 9.64. The molecule has 76 valence electrons. The molecule has 0 amide bonds. The standard InChI is InChI=1S/C9H11N3.C2H6/c1-2-7-12-9-6-4-3-5-8(9)10-11-12;1-2/h3-6H,2,7H2,1H3;1-2H3. The zero-order chi connectivity index (χ0) is 10.4. The summed E-state index contributed by atoms with van der Waals surface area (Å²) < 4.78 is 1.94. The van der Waals surface area contributed by atoms with E-state index in [4.69, 9.17) is 0 Å². The van der Waals surface area contributed by atoms with Gasteiger partial charge in [0.05, 0.1) is 5.52 Å². The van der Waals surface area contributed by atoms with Gasteiger partial charge in [0, 0.05) is 6.54 Å². The first-order chi connectivity index (χ1) is 6.92. The first-order valence-electron chi connectivity index (χ1n) is 5.20. The Bertz CT molecular complexity index is 379. The molecule has 1 aromatic heterocycles. The SMILES string of the molecule is CC.CCCn1nnc2ccccc21. The molecule has 0 N–H and O–H groups in total. The molecule has 0 spiro atoms. The molecule has 0 aliphatic heterocycles. The molecule has 0 atom stereocenters. The van der Waals surface area contributed by atoms with E-state index in [-0.39, 0.29) is 0 Å². The van der Waals surface area contributed by atoms with Crippen molar-refractivity contribution in [2.75, 3.05) is 0 Å². The van der Waals surface area contributed by atoms with Crippen molar-refractivity contribution in [2.24, 2.45) is 0 Å². The zero-order valence-electron chi connectivity index (χ0n) is 9.07. The third-order valence-corrected chi connectivity index (χ3v) is 1.86. The maximum Gasteiger partial charge on any atom is 0.113 e. The maximum atomic E-state index is 4.05. The Morgan fingerprint density at radius 2 is 1.93 bits per heavy atom. The van der Waals surface area contributed by atoms with E-state index >= 15 is 0 Å². The van der Waals surface area contributed by atoms with Gasteiger partial charge in [0.15, 0.2) is 0 Å². The Labute approximate surface area is 84.7 Å². The molecule has 14 heavy (non-hydrogen) atoms. The van der Waals surface area contributed by atoms with Crippen LogP contribution in [0.2, 0.25) is 0 Å². The van der Waals surface area contributed by atoms with Gasteiger partial charge in [-0.25, -0.2) is 4.68 Å². The minimum Gasteiger partial charge on any atom is -0.245 e. The van der Waals surface area contributed by atoms with E-state index in [9.17, 15) is 0 Å². The van der Waals surface area contributed by atoms with Gasteiger partial charge in [0.2, 0.25) is 0 Å². The van der Waals surface area contributed by atoms with Crippen LogP contribution in [0.4, 0.5) is 0 Å². The number of aromatic nitrogens is 3. The summed E-state index contributed by atoms with van der Waals surface area (Å²) in [6.45, 7) is 7.08. The lowest BCUT2D eigenvalue weighted by Gasteiger charge is -1.96. The molecule has 0 bridgehead atoms. The van der Waals surface area contributed by atoms with Crippen LogP contribution in [0, 0.1) is 0 Å². The van der Waals surface area contributed by atoms with Crippen molar-refractivity contribution < 1.29 is 0 Å². The van der Waals surface area contributed by atoms with Crippen molar-refractivity contribution in [3.8, 4) is 0 Å². The molecular formula is C11H17N3. The summed E-state index contributed by atoms with van der Waals surface area (Å²) in [6, 6.07) is 8.02. The Balaban J connectivity index is 0.000000461. The first kappa shape index (κ1) is 10.7. The Kier molecular flexibility index (Phi) is 4.11. The number of hydrogen-bond donors (Lipinski definition) is 0. The van der Waals surface area contributed by atoms with Gasteiger partial charge in [-0.15, -0.1) is 5.10 Å². The summed E-state index contributed by atoms with van der Waals surface area (Å²) >= 11 is 0. The van der Waals surface area contributed by atoms with E-state index in [0.29, 0.717) is 0 Å². The van der Waals surface area contributed by atoms with Crippen LogP contribution in [0.1, 0.15) is 27.2 Å². The number of para-hydroxylation sites is 1. The highest BCUT2D eigenvalue weighted by Crippen LogP contribution is 2.09. The lowest BCUT2D eigenvalue weighted by molar-refractivity contribution is 0.596. The van der Waals surface area contributed by atoms with Crippen LogP contribution in [0.5, 0.6) is 0 Å². The molecule has 1 heterocycles. The van der Waals surface area contributed by atoms with Gasteiger partial charge in [-0.05, 0) is 18.6 Å². The van der Waals surface area contributed by atoms with Gasteiger partial charge in [-0.3, -0.25) is 0 Å². The van der Waals surface area contributed by atoms with E-state index in [1.54, 1.807) is 0 Å². The van der Waals surface area contributed by atoms with Crippen LogP contribution in [-0.4, -0.2) is 15.0 Å². The first-order valence-corrected chi connectivity index (χ1v) is 5.20. The van der Waals surface area contributed by atoms with Crippen LogP contribution in [0.15, 0.2) is 24.3 Å². The summed E-state index contributed by atoms with van der Waals surface area (Å²) in [4.78, 5) is 0. The van der Waals surface area contributed by atoms with E-state index in [0.717, 1.165) is 24.0 Å². The molecule has 0 saturated heterocycles. The number of benzene rings is 1. The van der Waals surface area contributed by atoms with Gasteiger partial charge in [0.25, 0.3) is 0 Å². The minimum absolute atomic E-state index is 0.945. The molecule has 0 saturated carbocycles. The van der Waals surface area contributed by atoms with Crippen LogP contribution in [0.25, 0.3) is 11.0 Å². The molecule has 3 heteroatoms. The topological polar surface area (TPSA) is 30.7 Å². The molecular weight excluding hydrogens is 174 g/mol. The highest BCUT2D eigenvalue weighted by atomic mass is 15.4. The van der Waals surface area contributed by atoms with Gasteiger partial charge in [-0.1, -0.05) is 38.1 Å². The highest BCUT2D eigenvalue weighted by Gasteiger charge is 2.00. The largest absolute Gasteiger partial charge is 0.245 e. The average Bonchev–Trinajstić information content (AvgIpc) is 2.66. The summed E-state index contributed by atoms with van der Waals surface area (Å²) in [7, 11) is 0. The van der Waals surface area contributed by atoms with Gasteiger partial charge >= 0.3 is 0 Å². The fourth-order valence-corrected chi connectivity index (χ4v) is 1.29. The third-order valence-electron chi connectivity index (χ3n) is 1.86. The molecule has 0 radical (unpaired) electrons. The zero-order valence-corrected chi connectivity index (χ0v) is 9.07. The molecule has 2 aromatic rings. The second-order valence-electron chi connectivity index (χ2n) is 2.80. The van der Waals surface area contributed by atoms with Crippen molar-refractivity contribution in [3.63, 3.8) is 0 Å². The Morgan fingerprint density at radius 1 is 1.21 bits per heavy atom. The molecule has 3 nitrogen and oxygen atoms in total. The number of nitrogens with zero attached hydrogens (tertiary/aromatic N) is 3. The molecule has 0 unspecified atom stereocenters. The predicted octanol–water partition coefficient (Wildman–Crippen LogP) is 2.87. The van der Waals surface area contributed by atoms with E-state index in [1.807, 2.05) is 42.8 Å². The molecule has 0 aliphatic carbocycles. The van der Waals surface area contributed by atoms with Crippen LogP contribution in [0.3, 0.4) is 0 Å². The van der Waals surface area contributed by atoms with E-state index < -0.39 is 0 Å². The van der Waals surface area contributed by atoms with Crippen molar-refractivity contribution >= 4 is 11.0 Å². The number of hydrogen-bond acceptors (Lipinski definition) is 2. The quantitative estimate of drug-likeness (QED) is 0.730. The van der Waals surface area contributed by atoms with E-state index in [1.165, 1.54) is 0 Å². The van der Waals surface area contributed by atoms with Gasteiger partial charge in [-0.2, -0.15) is 0 Å². The van der Waals surface area contributed by atoms with Crippen molar-refractivity contribution in [1.82, 2.24) is 15.0 Å². The summed E-state index contributed by atoms with van der Waals surface area (Å²) in [5.41, 5.74) is 2.10. The third kappa shape index (κ3) is 2.10. The fourth-order valence-electron chi connectivity index (χ4n) is 1.29. The predicted molar refractivity (Wildman–Crippen MR) is 59.2 cm³/mol. The van der Waals surface area contributed by atoms with Crippen molar-refractivity contribution in [3.05, 3.63) is 24.3 Å². The second kappa shape index (κ2) is 5.37. The second-order valence-corrected chi connectivity index (χ2v) is 2.80. The maximum absolute atomic E-state index is 4.05. The average molecular weight is 191 g/mol. The Morgan fingerprint density at radius 3 is 2.64 bits per heavy atom.